The predicted molar refractivity (Wildman–Crippen MR) is 135 cm³/mol. The molecule has 0 aromatic heterocycles. The average molecular weight is 530 g/mol. The Kier molecular flexibility index (Phi) is 10.0. The first-order valence-electron chi connectivity index (χ1n) is 10.5. The fraction of sp³-hybridized carbons (Fsp3) is 0.391. The van der Waals surface area contributed by atoms with Crippen LogP contribution in [0.2, 0.25) is 10.0 Å². The van der Waals surface area contributed by atoms with Crippen LogP contribution in [0.1, 0.15) is 25.3 Å². The van der Waals surface area contributed by atoms with Crippen LogP contribution in [-0.4, -0.2) is 58.1 Å². The molecule has 0 spiro atoms. The second-order valence-corrected chi connectivity index (χ2v) is 10.4. The molecule has 0 fully saturated rings. The lowest BCUT2D eigenvalue weighted by Gasteiger charge is -2.29. The van der Waals surface area contributed by atoms with E-state index < -0.39 is 16.1 Å². The highest BCUT2D eigenvalue weighted by atomic mass is 35.5. The van der Waals surface area contributed by atoms with Crippen molar-refractivity contribution < 1.29 is 22.7 Å². The van der Waals surface area contributed by atoms with E-state index >= 15 is 0 Å². The number of sulfonamides is 1. The lowest BCUT2D eigenvalue weighted by molar-refractivity contribution is -0.140. The fourth-order valence-corrected chi connectivity index (χ4v) is 4.66. The largest absolute Gasteiger partial charge is 0.497 e. The lowest BCUT2D eigenvalue weighted by atomic mass is 10.1. The first-order chi connectivity index (χ1) is 16.0. The van der Waals surface area contributed by atoms with Crippen LogP contribution in [-0.2, 0) is 26.2 Å². The first kappa shape index (κ1) is 27.8. The predicted octanol–water partition coefficient (Wildman–Crippen LogP) is 3.71. The number of nitrogens with zero attached hydrogens (tertiary/aromatic N) is 2. The number of halogens is 2. The number of amides is 2. The fourth-order valence-electron chi connectivity index (χ4n) is 3.38. The highest BCUT2D eigenvalue weighted by Crippen LogP contribution is 2.25. The van der Waals surface area contributed by atoms with Gasteiger partial charge in [0.15, 0.2) is 0 Å². The summed E-state index contributed by atoms with van der Waals surface area (Å²) < 4.78 is 31.1. The minimum absolute atomic E-state index is 0.0465. The Bertz CT molecular complexity index is 1110. The number of ether oxygens (including phenoxy) is 1. The van der Waals surface area contributed by atoms with E-state index in [0.717, 1.165) is 11.8 Å². The van der Waals surface area contributed by atoms with Crippen LogP contribution < -0.4 is 14.4 Å². The molecular formula is C23H29Cl2N3O5S. The monoisotopic (exact) mass is 529 g/mol. The Morgan fingerprint density at radius 1 is 1.09 bits per heavy atom. The Balaban J connectivity index is 2.15. The Labute approximate surface area is 210 Å². The summed E-state index contributed by atoms with van der Waals surface area (Å²) in [5.41, 5.74) is 1.19. The topological polar surface area (TPSA) is 96.0 Å². The molecule has 2 aromatic rings. The average Bonchev–Trinajstić information content (AvgIpc) is 2.80. The Hall–Kier alpha value is -2.49. The molecule has 0 aliphatic carbocycles. The number of carbonyl (C=O) groups is 2. The van der Waals surface area contributed by atoms with Crippen molar-refractivity contribution in [2.24, 2.45) is 0 Å². The molecule has 0 aliphatic heterocycles. The molecule has 0 bridgehead atoms. The number of likely N-dealkylation sites (N-methyl/N-ethyl adjacent to an activating group) is 1. The molecule has 0 aliphatic rings. The van der Waals surface area contributed by atoms with Gasteiger partial charge in [0.25, 0.3) is 0 Å². The van der Waals surface area contributed by atoms with Gasteiger partial charge in [-0.1, -0.05) is 29.3 Å². The third kappa shape index (κ3) is 7.51. The molecule has 0 saturated heterocycles. The van der Waals surface area contributed by atoms with Gasteiger partial charge in [0.05, 0.1) is 29.1 Å². The number of hydrogen-bond donors (Lipinski definition) is 1. The second-order valence-electron chi connectivity index (χ2n) is 7.70. The minimum atomic E-state index is -3.57. The van der Waals surface area contributed by atoms with Crippen LogP contribution in [0.3, 0.4) is 0 Å². The summed E-state index contributed by atoms with van der Waals surface area (Å²) in [5.74, 6) is 0.00303. The quantitative estimate of drug-likeness (QED) is 0.478. The summed E-state index contributed by atoms with van der Waals surface area (Å²) in [6.45, 7) is 1.89. The van der Waals surface area contributed by atoms with Crippen molar-refractivity contribution in [1.29, 1.82) is 0 Å². The molecule has 2 rings (SSSR count). The van der Waals surface area contributed by atoms with Crippen LogP contribution in [0, 0.1) is 0 Å². The number of benzene rings is 2. The van der Waals surface area contributed by atoms with Gasteiger partial charge in [0.2, 0.25) is 21.8 Å². The Morgan fingerprint density at radius 3 is 2.26 bits per heavy atom. The van der Waals surface area contributed by atoms with Gasteiger partial charge >= 0.3 is 0 Å². The van der Waals surface area contributed by atoms with E-state index in [0.29, 0.717) is 21.5 Å². The van der Waals surface area contributed by atoms with Crippen molar-refractivity contribution in [3.8, 4) is 5.75 Å². The normalized spacial score (nSPS) is 12.1. The van der Waals surface area contributed by atoms with Crippen LogP contribution in [0.5, 0.6) is 5.75 Å². The van der Waals surface area contributed by atoms with Gasteiger partial charge in [-0.25, -0.2) is 8.42 Å². The number of nitrogens with one attached hydrogen (secondary N) is 1. The van der Waals surface area contributed by atoms with E-state index in [4.69, 9.17) is 27.9 Å². The molecule has 186 valence electrons. The molecule has 0 radical (unpaired) electrons. The van der Waals surface area contributed by atoms with Gasteiger partial charge in [0.1, 0.15) is 11.8 Å². The maximum atomic E-state index is 13.1. The van der Waals surface area contributed by atoms with E-state index in [2.05, 4.69) is 5.32 Å². The van der Waals surface area contributed by atoms with E-state index in [1.165, 1.54) is 23.4 Å². The summed E-state index contributed by atoms with van der Waals surface area (Å²) >= 11 is 12.1. The zero-order chi connectivity index (χ0) is 25.5. The van der Waals surface area contributed by atoms with Gasteiger partial charge in [-0.15, -0.1) is 0 Å². The molecule has 2 amide bonds. The SMILES string of the molecule is CNC(=O)C(C)N(Cc1ccc(Cl)c(Cl)c1)C(=O)CCCN(c1ccc(OC)cc1)S(C)(=O)=O. The molecule has 11 heteroatoms. The van der Waals surface area contributed by atoms with Crippen molar-refractivity contribution >= 4 is 50.7 Å². The van der Waals surface area contributed by atoms with Crippen LogP contribution >= 0.6 is 23.2 Å². The molecule has 1 N–H and O–H groups in total. The van der Waals surface area contributed by atoms with Crippen molar-refractivity contribution in [3.63, 3.8) is 0 Å². The van der Waals surface area contributed by atoms with E-state index in [9.17, 15) is 18.0 Å². The summed E-state index contributed by atoms with van der Waals surface area (Å²) in [6, 6.07) is 10.9. The molecule has 0 heterocycles. The molecule has 1 unspecified atom stereocenters. The van der Waals surface area contributed by atoms with Gasteiger partial charge < -0.3 is 15.0 Å². The van der Waals surface area contributed by atoms with Crippen molar-refractivity contribution in [1.82, 2.24) is 10.2 Å². The number of anilines is 1. The third-order valence-corrected chi connectivity index (χ3v) is 7.20. The van der Waals surface area contributed by atoms with Crippen LogP contribution in [0.4, 0.5) is 5.69 Å². The smallest absolute Gasteiger partial charge is 0.242 e. The van der Waals surface area contributed by atoms with Gasteiger partial charge in [-0.3, -0.25) is 13.9 Å². The summed E-state index contributed by atoms with van der Waals surface area (Å²) in [7, 11) is -0.545. The van der Waals surface area contributed by atoms with Crippen molar-refractivity contribution in [2.75, 3.05) is 31.3 Å². The molecule has 2 aromatic carbocycles. The van der Waals surface area contributed by atoms with E-state index in [-0.39, 0.29) is 37.7 Å². The maximum absolute atomic E-state index is 13.1. The first-order valence-corrected chi connectivity index (χ1v) is 13.1. The van der Waals surface area contributed by atoms with Gasteiger partial charge in [0, 0.05) is 26.6 Å². The van der Waals surface area contributed by atoms with Crippen LogP contribution in [0.15, 0.2) is 42.5 Å². The summed E-state index contributed by atoms with van der Waals surface area (Å²) in [5, 5.41) is 3.29. The van der Waals surface area contributed by atoms with Crippen molar-refractivity contribution in [2.45, 2.75) is 32.4 Å². The van der Waals surface area contributed by atoms with Crippen molar-refractivity contribution in [3.05, 3.63) is 58.1 Å². The number of rotatable bonds is 11. The lowest BCUT2D eigenvalue weighted by Crippen LogP contribution is -2.46. The third-order valence-electron chi connectivity index (χ3n) is 5.26. The molecule has 0 saturated carbocycles. The second kappa shape index (κ2) is 12.3. The standard InChI is InChI=1S/C23H29Cl2N3O5S/c1-16(23(30)26-2)27(15-17-7-12-20(24)21(25)14-17)22(29)6-5-13-28(34(4,31)32)18-8-10-19(33-3)11-9-18/h7-12,14,16H,5-6,13,15H2,1-4H3,(H,26,30). The zero-order valence-electron chi connectivity index (χ0n) is 19.5. The van der Waals surface area contributed by atoms with Crippen LogP contribution in [0.25, 0.3) is 0 Å². The van der Waals surface area contributed by atoms with E-state index in [1.54, 1.807) is 49.4 Å². The molecular weight excluding hydrogens is 501 g/mol. The summed E-state index contributed by atoms with van der Waals surface area (Å²) in [4.78, 5) is 26.8. The number of methoxy groups -OCH3 is 1. The number of carbonyl (C=O) groups excluding carboxylic acids is 2. The minimum Gasteiger partial charge on any atom is -0.497 e. The molecule has 1 atom stereocenters. The Morgan fingerprint density at radius 2 is 1.74 bits per heavy atom. The highest BCUT2D eigenvalue weighted by Gasteiger charge is 2.26. The van der Waals surface area contributed by atoms with E-state index in [1.807, 2.05) is 0 Å². The van der Waals surface area contributed by atoms with Gasteiger partial charge in [-0.05, 0) is 55.3 Å². The highest BCUT2D eigenvalue weighted by molar-refractivity contribution is 7.92. The summed E-state index contributed by atoms with van der Waals surface area (Å²) in [6.07, 6.45) is 1.42. The molecule has 8 nitrogen and oxygen atoms in total. The molecule has 34 heavy (non-hydrogen) atoms. The zero-order valence-corrected chi connectivity index (χ0v) is 21.9. The maximum Gasteiger partial charge on any atom is 0.242 e. The van der Waals surface area contributed by atoms with Gasteiger partial charge in [-0.2, -0.15) is 0 Å². The number of hydrogen-bond acceptors (Lipinski definition) is 5.